The van der Waals surface area contributed by atoms with E-state index in [-0.39, 0.29) is 17.1 Å². The van der Waals surface area contributed by atoms with E-state index in [1.807, 2.05) is 0 Å². The molecule has 0 radical (unpaired) electrons. The van der Waals surface area contributed by atoms with E-state index in [2.05, 4.69) is 12.6 Å². The summed E-state index contributed by atoms with van der Waals surface area (Å²) in [6, 6.07) is 1.62. The molecule has 1 rings (SSSR count). The predicted octanol–water partition coefficient (Wildman–Crippen LogP) is 1.30. The average molecular weight is 250 g/mol. The molecule has 0 heterocycles. The van der Waals surface area contributed by atoms with Crippen molar-refractivity contribution in [1.29, 1.82) is 0 Å². The Bertz CT molecular complexity index is 373. The first-order valence-electron chi connectivity index (χ1n) is 4.51. The zero-order valence-corrected chi connectivity index (χ0v) is 9.42. The highest BCUT2D eigenvalue weighted by Crippen LogP contribution is 2.29. The number of aliphatic hydroxyl groups excluding tert-OH is 2. The molecular weight excluding hydrogens is 238 g/mol. The van der Waals surface area contributed by atoms with Crippen molar-refractivity contribution in [2.24, 2.45) is 0 Å². The van der Waals surface area contributed by atoms with Gasteiger partial charge in [0.2, 0.25) is 0 Å². The summed E-state index contributed by atoms with van der Waals surface area (Å²) in [5, 5.41) is 19.0. The first-order valence-corrected chi connectivity index (χ1v) is 5.14. The van der Waals surface area contributed by atoms with E-state index in [0.29, 0.717) is 0 Å². The third kappa shape index (κ3) is 2.63. The minimum Gasteiger partial charge on any atom is -0.496 e. The van der Waals surface area contributed by atoms with Gasteiger partial charge >= 0.3 is 0 Å². The number of methoxy groups -OCH3 is 1. The quantitative estimate of drug-likeness (QED) is 0.706. The van der Waals surface area contributed by atoms with Gasteiger partial charge in [-0.1, -0.05) is 0 Å². The molecule has 0 amide bonds. The molecule has 0 aliphatic carbocycles. The maximum absolute atomic E-state index is 13.0. The van der Waals surface area contributed by atoms with Crippen molar-refractivity contribution in [3.63, 3.8) is 0 Å². The predicted molar refractivity (Wildman–Crippen MR) is 57.7 cm³/mol. The zero-order chi connectivity index (χ0) is 12.3. The molecule has 0 aliphatic heterocycles. The van der Waals surface area contributed by atoms with Crippen molar-refractivity contribution in [2.75, 3.05) is 12.9 Å². The maximum Gasteiger partial charge on any atom is 0.162 e. The Balaban J connectivity index is 3.16. The van der Waals surface area contributed by atoms with Crippen LogP contribution in [0.15, 0.2) is 12.1 Å². The van der Waals surface area contributed by atoms with Gasteiger partial charge in [-0.2, -0.15) is 12.6 Å². The third-order valence-corrected chi connectivity index (χ3v) is 2.52. The lowest BCUT2D eigenvalue weighted by molar-refractivity contribution is 0.0319. The van der Waals surface area contributed by atoms with Crippen molar-refractivity contribution >= 4 is 12.6 Å². The zero-order valence-electron chi connectivity index (χ0n) is 8.52. The van der Waals surface area contributed by atoms with E-state index in [4.69, 9.17) is 4.74 Å². The molecular formula is C10H12F2O3S. The van der Waals surface area contributed by atoms with Crippen LogP contribution < -0.4 is 4.74 Å². The minimum atomic E-state index is -1.37. The highest BCUT2D eigenvalue weighted by Gasteiger charge is 2.22. The van der Waals surface area contributed by atoms with Crippen LogP contribution in [0.25, 0.3) is 0 Å². The number of hydrogen-bond donors (Lipinski definition) is 3. The smallest absolute Gasteiger partial charge is 0.162 e. The topological polar surface area (TPSA) is 49.7 Å². The summed E-state index contributed by atoms with van der Waals surface area (Å²) in [5.74, 6) is -2.22. The summed E-state index contributed by atoms with van der Waals surface area (Å²) in [7, 11) is 1.26. The minimum absolute atomic E-state index is 0.0106. The Morgan fingerprint density at radius 1 is 1.31 bits per heavy atom. The second-order valence-electron chi connectivity index (χ2n) is 3.20. The number of ether oxygens (including phenoxy) is 1. The van der Waals surface area contributed by atoms with Crippen LogP contribution in [0.5, 0.6) is 5.75 Å². The van der Waals surface area contributed by atoms with Crippen LogP contribution in [-0.2, 0) is 0 Å². The molecule has 0 saturated carbocycles. The lowest BCUT2D eigenvalue weighted by Gasteiger charge is -2.18. The average Bonchev–Trinajstić information content (AvgIpc) is 2.30. The first kappa shape index (κ1) is 13.2. The van der Waals surface area contributed by atoms with Crippen LogP contribution in [0.3, 0.4) is 0 Å². The summed E-state index contributed by atoms with van der Waals surface area (Å²) in [5.41, 5.74) is -0.0112. The fourth-order valence-corrected chi connectivity index (χ4v) is 1.46. The molecule has 0 bridgehead atoms. The van der Waals surface area contributed by atoms with Crippen molar-refractivity contribution < 1.29 is 23.7 Å². The van der Waals surface area contributed by atoms with Gasteiger partial charge in [-0.15, -0.1) is 0 Å². The van der Waals surface area contributed by atoms with Crippen LogP contribution >= 0.6 is 12.6 Å². The number of benzene rings is 1. The highest BCUT2D eigenvalue weighted by molar-refractivity contribution is 7.80. The Kier molecular flexibility index (Phi) is 4.52. The van der Waals surface area contributed by atoms with E-state index in [1.165, 1.54) is 7.11 Å². The van der Waals surface area contributed by atoms with Gasteiger partial charge in [0, 0.05) is 17.4 Å². The second-order valence-corrected chi connectivity index (χ2v) is 3.57. The van der Waals surface area contributed by atoms with Crippen molar-refractivity contribution in [2.45, 2.75) is 12.2 Å². The third-order valence-electron chi connectivity index (χ3n) is 2.14. The summed E-state index contributed by atoms with van der Waals surface area (Å²) in [4.78, 5) is 0. The number of thiol groups is 1. The fraction of sp³-hybridized carbons (Fsp3) is 0.400. The maximum atomic E-state index is 13.0. The van der Waals surface area contributed by atoms with Crippen LogP contribution in [0.4, 0.5) is 8.78 Å². The van der Waals surface area contributed by atoms with E-state index in [1.54, 1.807) is 0 Å². The monoisotopic (exact) mass is 250 g/mol. The molecule has 6 heteroatoms. The van der Waals surface area contributed by atoms with Crippen LogP contribution in [-0.4, -0.2) is 29.2 Å². The molecule has 3 nitrogen and oxygen atoms in total. The van der Waals surface area contributed by atoms with Gasteiger partial charge in [0.05, 0.1) is 13.2 Å². The first-order chi connectivity index (χ1) is 7.51. The van der Waals surface area contributed by atoms with E-state index < -0.39 is 23.8 Å². The Morgan fingerprint density at radius 2 is 1.88 bits per heavy atom. The molecule has 2 N–H and O–H groups in total. The molecule has 2 atom stereocenters. The standard InChI is InChI=1S/C10H12F2O3S/c1-15-9-3-7(12)6(11)2-5(9)10(14)8(13)4-16/h2-3,8,10,13-14,16H,4H2,1H3. The number of hydrogen-bond acceptors (Lipinski definition) is 4. The van der Waals surface area contributed by atoms with Gasteiger partial charge < -0.3 is 14.9 Å². The molecule has 90 valence electrons. The van der Waals surface area contributed by atoms with Crippen molar-refractivity contribution in [1.82, 2.24) is 0 Å². The van der Waals surface area contributed by atoms with E-state index in [9.17, 15) is 19.0 Å². The largest absolute Gasteiger partial charge is 0.496 e. The summed E-state index contributed by atoms with van der Waals surface area (Å²) in [6.07, 6.45) is -2.55. The summed E-state index contributed by atoms with van der Waals surface area (Å²) >= 11 is 3.80. The van der Waals surface area contributed by atoms with Gasteiger partial charge in [0.25, 0.3) is 0 Å². The lowest BCUT2D eigenvalue weighted by Crippen LogP contribution is -2.20. The number of aliphatic hydroxyl groups is 2. The highest BCUT2D eigenvalue weighted by atomic mass is 32.1. The molecule has 0 aromatic heterocycles. The Hall–Kier alpha value is -0.850. The SMILES string of the molecule is COc1cc(F)c(F)cc1C(O)C(O)CS. The Labute approximate surface area is 97.1 Å². The van der Waals surface area contributed by atoms with Crippen LogP contribution in [0.1, 0.15) is 11.7 Å². The van der Waals surface area contributed by atoms with Crippen LogP contribution in [0.2, 0.25) is 0 Å². The number of halogens is 2. The molecule has 2 unspecified atom stereocenters. The molecule has 16 heavy (non-hydrogen) atoms. The normalized spacial score (nSPS) is 14.6. The fourth-order valence-electron chi connectivity index (χ4n) is 1.26. The van der Waals surface area contributed by atoms with Crippen molar-refractivity contribution in [3.05, 3.63) is 29.3 Å². The van der Waals surface area contributed by atoms with Crippen molar-refractivity contribution in [3.8, 4) is 5.75 Å². The molecule has 1 aromatic rings. The summed E-state index contributed by atoms with van der Waals surface area (Å²) in [6.45, 7) is 0. The van der Waals surface area contributed by atoms with E-state index in [0.717, 1.165) is 12.1 Å². The second kappa shape index (κ2) is 5.47. The van der Waals surface area contributed by atoms with Gasteiger partial charge in [-0.05, 0) is 6.07 Å². The van der Waals surface area contributed by atoms with Gasteiger partial charge in [0.15, 0.2) is 11.6 Å². The molecule has 0 spiro atoms. The molecule has 0 saturated heterocycles. The number of rotatable bonds is 4. The van der Waals surface area contributed by atoms with E-state index >= 15 is 0 Å². The lowest BCUT2D eigenvalue weighted by atomic mass is 10.0. The molecule has 1 aromatic carbocycles. The summed E-state index contributed by atoms with van der Waals surface area (Å²) < 4.78 is 30.7. The van der Waals surface area contributed by atoms with Gasteiger partial charge in [-0.25, -0.2) is 8.78 Å². The van der Waals surface area contributed by atoms with Crippen LogP contribution in [0, 0.1) is 11.6 Å². The van der Waals surface area contributed by atoms with Gasteiger partial charge in [0.1, 0.15) is 11.9 Å². The Morgan fingerprint density at radius 3 is 2.38 bits per heavy atom. The molecule has 0 fully saturated rings. The molecule has 0 aliphatic rings. The van der Waals surface area contributed by atoms with Gasteiger partial charge in [-0.3, -0.25) is 0 Å².